The molecule has 0 aliphatic heterocycles. The van der Waals surface area contributed by atoms with E-state index in [1.807, 2.05) is 6.92 Å². The van der Waals surface area contributed by atoms with Gasteiger partial charge in [-0.05, 0) is 0 Å². The molecule has 0 aliphatic carbocycles. The molecule has 1 amide bonds. The number of rotatable bonds is 5. The Balaban J connectivity index is 2.83. The molecule has 0 spiro atoms. The first kappa shape index (κ1) is 12.7. The second-order valence-corrected chi connectivity index (χ2v) is 3.22. The van der Waals surface area contributed by atoms with E-state index in [1.165, 1.54) is 0 Å². The van der Waals surface area contributed by atoms with Gasteiger partial charge in [0.15, 0.2) is 0 Å². The van der Waals surface area contributed by atoms with Crippen LogP contribution in [-0.4, -0.2) is 50.2 Å². The van der Waals surface area contributed by atoms with Crippen LogP contribution in [0.2, 0.25) is 0 Å². The van der Waals surface area contributed by atoms with Gasteiger partial charge < -0.3 is 10.0 Å². The highest BCUT2D eigenvalue weighted by Gasteiger charge is 2.21. The average Bonchev–Trinajstić information content (AvgIpc) is 2.75. The predicted octanol–water partition coefficient (Wildman–Crippen LogP) is -0.473. The number of aromatic amines is 1. The number of terminal acetylenes is 1. The van der Waals surface area contributed by atoms with Gasteiger partial charge in [0, 0.05) is 6.42 Å². The maximum absolute atomic E-state index is 11.8. The molecule has 0 saturated carbocycles. The van der Waals surface area contributed by atoms with Gasteiger partial charge in [-0.1, -0.05) is 12.8 Å². The summed E-state index contributed by atoms with van der Waals surface area (Å²) < 4.78 is 0. The van der Waals surface area contributed by atoms with Crippen LogP contribution in [0.1, 0.15) is 23.4 Å². The predicted molar refractivity (Wildman–Crippen MR) is 58.1 cm³/mol. The molecule has 1 heterocycles. The summed E-state index contributed by atoms with van der Waals surface area (Å²) in [7, 11) is 0. The molecule has 0 unspecified atom stereocenters. The minimum atomic E-state index is -1.14. The fraction of sp³-hybridized carbons (Fsp3) is 0.400. The van der Waals surface area contributed by atoms with Crippen LogP contribution in [0, 0.1) is 12.3 Å². The van der Waals surface area contributed by atoms with Crippen LogP contribution in [0.4, 0.5) is 0 Å². The Labute approximate surface area is 97.8 Å². The third-order valence-corrected chi connectivity index (χ3v) is 1.95. The van der Waals surface area contributed by atoms with Crippen molar-refractivity contribution in [2.75, 3.05) is 13.1 Å². The second kappa shape index (κ2) is 5.65. The van der Waals surface area contributed by atoms with Crippen LogP contribution in [-0.2, 0) is 11.2 Å². The van der Waals surface area contributed by atoms with Gasteiger partial charge in [0.2, 0.25) is 5.82 Å². The number of hydrogen-bond acceptors (Lipinski definition) is 4. The van der Waals surface area contributed by atoms with Crippen molar-refractivity contribution < 1.29 is 14.7 Å². The summed E-state index contributed by atoms with van der Waals surface area (Å²) in [5, 5.41) is 14.9. The lowest BCUT2D eigenvalue weighted by Gasteiger charge is -2.15. The lowest BCUT2D eigenvalue weighted by molar-refractivity contribution is -0.137. The van der Waals surface area contributed by atoms with Crippen molar-refractivity contribution in [1.82, 2.24) is 20.1 Å². The summed E-state index contributed by atoms with van der Waals surface area (Å²) in [5.74, 6) is 0.974. The highest BCUT2D eigenvalue weighted by Crippen LogP contribution is 2.00. The molecule has 0 fully saturated rings. The Morgan fingerprint density at radius 3 is 2.76 bits per heavy atom. The van der Waals surface area contributed by atoms with Crippen molar-refractivity contribution in [3.05, 3.63) is 11.6 Å². The van der Waals surface area contributed by atoms with E-state index in [2.05, 4.69) is 21.1 Å². The molecule has 7 heteroatoms. The summed E-state index contributed by atoms with van der Waals surface area (Å²) in [4.78, 5) is 27.3. The molecule has 2 N–H and O–H groups in total. The largest absolute Gasteiger partial charge is 0.480 e. The minimum absolute atomic E-state index is 0.0710. The number of carboxylic acids is 1. The monoisotopic (exact) mass is 236 g/mol. The minimum Gasteiger partial charge on any atom is -0.480 e. The molecular weight excluding hydrogens is 224 g/mol. The van der Waals surface area contributed by atoms with Crippen molar-refractivity contribution in [3.63, 3.8) is 0 Å². The number of aromatic nitrogens is 3. The van der Waals surface area contributed by atoms with Gasteiger partial charge in [0.05, 0.1) is 6.54 Å². The standard InChI is InChI=1S/C10H12N4O3/c1-3-5-14(6-8(15)16)10(17)9-11-7(4-2)12-13-9/h1H,4-6H2,2H3,(H,15,16)(H,11,12,13). The molecular formula is C10H12N4O3. The van der Waals surface area contributed by atoms with Gasteiger partial charge in [-0.15, -0.1) is 11.5 Å². The average molecular weight is 236 g/mol. The number of hydrogen-bond donors (Lipinski definition) is 2. The van der Waals surface area contributed by atoms with E-state index in [9.17, 15) is 9.59 Å². The number of carbonyl (C=O) groups is 2. The Morgan fingerprint density at radius 2 is 2.29 bits per heavy atom. The number of aryl methyl sites for hydroxylation is 1. The fourth-order valence-corrected chi connectivity index (χ4v) is 1.16. The van der Waals surface area contributed by atoms with Crippen LogP contribution < -0.4 is 0 Å². The zero-order valence-corrected chi connectivity index (χ0v) is 9.30. The second-order valence-electron chi connectivity index (χ2n) is 3.22. The number of nitrogens with zero attached hydrogens (tertiary/aromatic N) is 3. The third-order valence-electron chi connectivity index (χ3n) is 1.95. The van der Waals surface area contributed by atoms with Crippen LogP contribution in [0.25, 0.3) is 0 Å². The summed E-state index contributed by atoms with van der Waals surface area (Å²) in [6.45, 7) is 1.28. The van der Waals surface area contributed by atoms with Crippen molar-refractivity contribution in [2.45, 2.75) is 13.3 Å². The van der Waals surface area contributed by atoms with Gasteiger partial charge in [-0.3, -0.25) is 14.7 Å². The van der Waals surface area contributed by atoms with Gasteiger partial charge in [0.25, 0.3) is 5.91 Å². The molecule has 1 rings (SSSR count). The van der Waals surface area contributed by atoms with Crippen LogP contribution in [0.15, 0.2) is 0 Å². The molecule has 90 valence electrons. The first-order valence-electron chi connectivity index (χ1n) is 4.94. The molecule has 1 aromatic heterocycles. The van der Waals surface area contributed by atoms with Gasteiger partial charge in [-0.2, -0.15) is 0 Å². The summed E-state index contributed by atoms with van der Waals surface area (Å²) in [6.07, 6.45) is 5.67. The number of carbonyl (C=O) groups excluding carboxylic acids is 1. The van der Waals surface area contributed by atoms with E-state index >= 15 is 0 Å². The number of amides is 1. The van der Waals surface area contributed by atoms with E-state index in [4.69, 9.17) is 11.5 Å². The fourth-order valence-electron chi connectivity index (χ4n) is 1.16. The van der Waals surface area contributed by atoms with Crippen molar-refractivity contribution in [1.29, 1.82) is 0 Å². The Hall–Kier alpha value is -2.36. The topological polar surface area (TPSA) is 99.2 Å². The highest BCUT2D eigenvalue weighted by atomic mass is 16.4. The van der Waals surface area contributed by atoms with Crippen LogP contribution >= 0.6 is 0 Å². The Bertz CT molecular complexity index is 460. The van der Waals surface area contributed by atoms with Crippen LogP contribution in [0.3, 0.4) is 0 Å². The normalized spacial score (nSPS) is 9.65. The van der Waals surface area contributed by atoms with E-state index in [1.54, 1.807) is 0 Å². The van der Waals surface area contributed by atoms with E-state index in [-0.39, 0.29) is 12.4 Å². The molecule has 17 heavy (non-hydrogen) atoms. The Morgan fingerprint density at radius 1 is 1.59 bits per heavy atom. The first-order chi connectivity index (χ1) is 8.08. The van der Waals surface area contributed by atoms with Crippen LogP contribution in [0.5, 0.6) is 0 Å². The van der Waals surface area contributed by atoms with Gasteiger partial charge in [0.1, 0.15) is 12.4 Å². The third kappa shape index (κ3) is 3.31. The Kier molecular flexibility index (Phi) is 4.22. The SMILES string of the molecule is C#CCN(CC(=O)O)C(=O)c1n[nH]c(CC)n1. The number of aliphatic carboxylic acids is 1. The molecule has 0 radical (unpaired) electrons. The van der Waals surface area contributed by atoms with E-state index in [0.29, 0.717) is 12.2 Å². The zero-order chi connectivity index (χ0) is 12.8. The molecule has 0 aliphatic rings. The quantitative estimate of drug-likeness (QED) is 0.673. The lowest BCUT2D eigenvalue weighted by atomic mass is 10.4. The van der Waals surface area contributed by atoms with Gasteiger partial charge in [-0.25, -0.2) is 4.98 Å². The van der Waals surface area contributed by atoms with Gasteiger partial charge >= 0.3 is 5.97 Å². The summed E-state index contributed by atoms with van der Waals surface area (Å²) in [5.41, 5.74) is 0. The molecule has 0 aromatic carbocycles. The molecule has 7 nitrogen and oxygen atoms in total. The maximum atomic E-state index is 11.8. The smallest absolute Gasteiger partial charge is 0.323 e. The van der Waals surface area contributed by atoms with Crippen molar-refractivity contribution in [3.8, 4) is 12.3 Å². The molecule has 1 aromatic rings. The number of H-pyrrole nitrogens is 1. The first-order valence-corrected chi connectivity index (χ1v) is 4.94. The summed E-state index contributed by atoms with van der Waals surface area (Å²) in [6, 6.07) is 0. The molecule has 0 bridgehead atoms. The van der Waals surface area contributed by atoms with E-state index in [0.717, 1.165) is 4.90 Å². The molecule has 0 atom stereocenters. The maximum Gasteiger partial charge on any atom is 0.323 e. The van der Waals surface area contributed by atoms with E-state index < -0.39 is 18.4 Å². The number of carboxylic acid groups (broad SMARTS) is 1. The highest BCUT2D eigenvalue weighted by molar-refractivity contribution is 5.92. The zero-order valence-electron chi connectivity index (χ0n) is 9.30. The summed E-state index contributed by atoms with van der Waals surface area (Å²) >= 11 is 0. The number of nitrogens with one attached hydrogen (secondary N) is 1. The lowest BCUT2D eigenvalue weighted by Crippen LogP contribution is -2.36. The van der Waals surface area contributed by atoms with Crippen molar-refractivity contribution >= 4 is 11.9 Å². The van der Waals surface area contributed by atoms with Crippen molar-refractivity contribution in [2.24, 2.45) is 0 Å². The molecule has 0 saturated heterocycles.